The lowest BCUT2D eigenvalue weighted by Crippen LogP contribution is -2.11. The fourth-order valence-corrected chi connectivity index (χ4v) is 2.10. The van der Waals surface area contributed by atoms with Crippen molar-refractivity contribution in [2.75, 3.05) is 6.54 Å². The number of benzene rings is 1. The van der Waals surface area contributed by atoms with Gasteiger partial charge in [-0.3, -0.25) is 0 Å². The molecule has 1 heterocycles. The highest BCUT2D eigenvalue weighted by Crippen LogP contribution is 2.24. The Morgan fingerprint density at radius 2 is 2.23 bits per heavy atom. The summed E-state index contributed by atoms with van der Waals surface area (Å²) in [5.41, 5.74) is 6.27. The molecule has 1 aromatic heterocycles. The van der Waals surface area contributed by atoms with Crippen LogP contribution < -0.4 is 5.73 Å². The zero-order valence-corrected chi connectivity index (χ0v) is 7.92. The van der Waals surface area contributed by atoms with Crippen LogP contribution in [0, 0.1) is 0 Å². The molecule has 0 aliphatic heterocycles. The van der Waals surface area contributed by atoms with Crippen molar-refractivity contribution >= 4 is 21.4 Å². The predicted molar refractivity (Wildman–Crippen MR) is 55.8 cm³/mol. The lowest BCUT2D eigenvalue weighted by Gasteiger charge is -2.07. The summed E-state index contributed by atoms with van der Waals surface area (Å²) in [6.07, 6.45) is -0.538. The van der Waals surface area contributed by atoms with Crippen molar-refractivity contribution in [2.24, 2.45) is 5.73 Å². The highest BCUT2D eigenvalue weighted by atomic mass is 32.1. The minimum absolute atomic E-state index is 0.273. The van der Waals surface area contributed by atoms with E-state index in [0.29, 0.717) is 0 Å². The molecule has 3 N–H and O–H groups in total. The first-order chi connectivity index (χ1) is 6.31. The zero-order valence-electron chi connectivity index (χ0n) is 7.10. The van der Waals surface area contributed by atoms with Gasteiger partial charge in [-0.05, 0) is 34.5 Å². The van der Waals surface area contributed by atoms with E-state index >= 15 is 0 Å². The van der Waals surface area contributed by atoms with Crippen LogP contribution in [-0.2, 0) is 0 Å². The first-order valence-corrected chi connectivity index (χ1v) is 5.04. The number of hydrogen-bond acceptors (Lipinski definition) is 3. The molecular weight excluding hydrogens is 182 g/mol. The van der Waals surface area contributed by atoms with Gasteiger partial charge in [0.2, 0.25) is 0 Å². The van der Waals surface area contributed by atoms with Crippen LogP contribution in [0.25, 0.3) is 10.1 Å². The van der Waals surface area contributed by atoms with Crippen LogP contribution >= 0.6 is 11.3 Å². The molecule has 1 aromatic carbocycles. The lowest BCUT2D eigenvalue weighted by atomic mass is 10.1. The Balaban J connectivity index is 2.48. The number of thiophene rings is 1. The van der Waals surface area contributed by atoms with Crippen molar-refractivity contribution in [3.8, 4) is 0 Å². The van der Waals surface area contributed by atoms with Gasteiger partial charge in [0.1, 0.15) is 0 Å². The molecule has 0 amide bonds. The first-order valence-electron chi connectivity index (χ1n) is 4.16. The fraction of sp³-hybridized carbons (Fsp3) is 0.200. The second-order valence-corrected chi connectivity index (χ2v) is 3.92. The van der Waals surface area contributed by atoms with Gasteiger partial charge in [0.05, 0.1) is 6.10 Å². The Bertz CT molecular complexity index is 410. The molecule has 0 fully saturated rings. The molecule has 0 spiro atoms. The van der Waals surface area contributed by atoms with E-state index in [-0.39, 0.29) is 6.54 Å². The summed E-state index contributed by atoms with van der Waals surface area (Å²) in [5.74, 6) is 0. The SMILES string of the molecule is NCC(O)c1ccc2sccc2c1. The van der Waals surface area contributed by atoms with Crippen LogP contribution in [-0.4, -0.2) is 11.7 Å². The van der Waals surface area contributed by atoms with Crippen molar-refractivity contribution in [3.63, 3.8) is 0 Å². The number of aliphatic hydroxyl groups excluding tert-OH is 1. The van der Waals surface area contributed by atoms with Crippen molar-refractivity contribution in [2.45, 2.75) is 6.10 Å². The maximum atomic E-state index is 9.50. The zero-order chi connectivity index (χ0) is 9.26. The van der Waals surface area contributed by atoms with Gasteiger partial charge in [-0.2, -0.15) is 0 Å². The van der Waals surface area contributed by atoms with E-state index in [1.54, 1.807) is 11.3 Å². The molecule has 3 heteroatoms. The molecule has 0 bridgehead atoms. The fourth-order valence-electron chi connectivity index (χ4n) is 1.33. The van der Waals surface area contributed by atoms with E-state index in [1.165, 1.54) is 10.1 Å². The topological polar surface area (TPSA) is 46.2 Å². The molecule has 2 nitrogen and oxygen atoms in total. The van der Waals surface area contributed by atoms with Crippen molar-refractivity contribution in [1.29, 1.82) is 0 Å². The average molecular weight is 193 g/mol. The van der Waals surface area contributed by atoms with Gasteiger partial charge in [-0.1, -0.05) is 6.07 Å². The summed E-state index contributed by atoms with van der Waals surface area (Å²) in [7, 11) is 0. The normalized spacial score (nSPS) is 13.4. The van der Waals surface area contributed by atoms with Crippen molar-refractivity contribution in [1.82, 2.24) is 0 Å². The highest BCUT2D eigenvalue weighted by molar-refractivity contribution is 7.17. The molecule has 0 aliphatic carbocycles. The van der Waals surface area contributed by atoms with Crippen LogP contribution in [0.3, 0.4) is 0 Å². The molecule has 0 radical (unpaired) electrons. The van der Waals surface area contributed by atoms with Gasteiger partial charge < -0.3 is 10.8 Å². The molecular formula is C10H11NOS. The third-order valence-electron chi connectivity index (χ3n) is 2.08. The molecule has 0 saturated carbocycles. The van der Waals surface area contributed by atoms with E-state index in [0.717, 1.165) is 5.56 Å². The number of fused-ring (bicyclic) bond motifs is 1. The first kappa shape index (κ1) is 8.69. The van der Waals surface area contributed by atoms with Crippen LogP contribution in [0.5, 0.6) is 0 Å². The summed E-state index contributed by atoms with van der Waals surface area (Å²) in [6.45, 7) is 0.273. The maximum Gasteiger partial charge on any atom is 0.0912 e. The number of aliphatic hydroxyl groups is 1. The maximum absolute atomic E-state index is 9.50. The third-order valence-corrected chi connectivity index (χ3v) is 2.98. The average Bonchev–Trinajstić information content (AvgIpc) is 2.63. The quantitative estimate of drug-likeness (QED) is 0.765. The van der Waals surface area contributed by atoms with E-state index in [4.69, 9.17) is 5.73 Å². The predicted octanol–water partition coefficient (Wildman–Crippen LogP) is 1.89. The largest absolute Gasteiger partial charge is 0.387 e. The summed E-state index contributed by atoms with van der Waals surface area (Å²) < 4.78 is 1.24. The molecule has 2 aromatic rings. The Morgan fingerprint density at radius 1 is 1.38 bits per heavy atom. The molecule has 0 saturated heterocycles. The molecule has 1 unspecified atom stereocenters. The van der Waals surface area contributed by atoms with Crippen LogP contribution in [0.2, 0.25) is 0 Å². The third kappa shape index (κ3) is 1.58. The Morgan fingerprint density at radius 3 is 3.00 bits per heavy atom. The monoisotopic (exact) mass is 193 g/mol. The lowest BCUT2D eigenvalue weighted by molar-refractivity contribution is 0.187. The summed E-state index contributed by atoms with van der Waals surface area (Å²) in [5, 5.41) is 12.7. The van der Waals surface area contributed by atoms with Gasteiger partial charge in [-0.25, -0.2) is 0 Å². The Kier molecular flexibility index (Phi) is 2.31. The molecule has 1 atom stereocenters. The summed E-state index contributed by atoms with van der Waals surface area (Å²) in [6, 6.07) is 7.99. The van der Waals surface area contributed by atoms with Gasteiger partial charge in [0, 0.05) is 11.2 Å². The molecule has 68 valence electrons. The minimum atomic E-state index is -0.538. The molecule has 2 rings (SSSR count). The number of hydrogen-bond donors (Lipinski definition) is 2. The van der Waals surface area contributed by atoms with Crippen LogP contribution in [0.15, 0.2) is 29.6 Å². The highest BCUT2D eigenvalue weighted by Gasteiger charge is 2.05. The summed E-state index contributed by atoms with van der Waals surface area (Å²) >= 11 is 1.70. The minimum Gasteiger partial charge on any atom is -0.387 e. The van der Waals surface area contributed by atoms with Gasteiger partial charge in [0.15, 0.2) is 0 Å². The summed E-state index contributed by atoms with van der Waals surface area (Å²) in [4.78, 5) is 0. The second-order valence-electron chi connectivity index (χ2n) is 2.97. The van der Waals surface area contributed by atoms with Crippen LogP contribution in [0.4, 0.5) is 0 Å². The van der Waals surface area contributed by atoms with Gasteiger partial charge >= 0.3 is 0 Å². The van der Waals surface area contributed by atoms with E-state index in [2.05, 4.69) is 0 Å². The smallest absolute Gasteiger partial charge is 0.0912 e. The molecule has 0 aliphatic rings. The van der Waals surface area contributed by atoms with E-state index < -0.39 is 6.10 Å². The molecule has 13 heavy (non-hydrogen) atoms. The van der Waals surface area contributed by atoms with Crippen LogP contribution in [0.1, 0.15) is 11.7 Å². The van der Waals surface area contributed by atoms with E-state index in [9.17, 15) is 5.11 Å². The van der Waals surface area contributed by atoms with E-state index in [1.807, 2.05) is 29.6 Å². The van der Waals surface area contributed by atoms with Gasteiger partial charge in [0.25, 0.3) is 0 Å². The second kappa shape index (κ2) is 3.46. The van der Waals surface area contributed by atoms with Gasteiger partial charge in [-0.15, -0.1) is 11.3 Å². The standard InChI is InChI=1S/C10H11NOS/c11-6-9(12)7-1-2-10-8(5-7)3-4-13-10/h1-5,9,12H,6,11H2. The number of rotatable bonds is 2. The Hall–Kier alpha value is -0.900. The number of nitrogens with two attached hydrogens (primary N) is 1. The van der Waals surface area contributed by atoms with Crippen molar-refractivity contribution < 1.29 is 5.11 Å². The Labute approximate surface area is 80.6 Å². The van der Waals surface area contributed by atoms with Crippen molar-refractivity contribution in [3.05, 3.63) is 35.2 Å².